The molecule has 2 aromatic carbocycles. The Morgan fingerprint density at radius 2 is 1.89 bits per heavy atom. The lowest BCUT2D eigenvalue weighted by molar-refractivity contribution is 0.103. The summed E-state index contributed by atoms with van der Waals surface area (Å²) in [7, 11) is 0. The largest absolute Gasteiger partial charge is 0.288 e. The first-order valence-electron chi connectivity index (χ1n) is 5.25. The molecule has 0 atom stereocenters. The number of aryl methyl sites for hydroxylation is 1. The van der Waals surface area contributed by atoms with Crippen LogP contribution in [0.3, 0.4) is 0 Å². The highest BCUT2D eigenvalue weighted by Crippen LogP contribution is 2.20. The third-order valence-corrected chi connectivity index (χ3v) is 2.72. The molecule has 0 unspecified atom stereocenters. The summed E-state index contributed by atoms with van der Waals surface area (Å²) in [5.41, 5.74) is 0.726. The van der Waals surface area contributed by atoms with Crippen LogP contribution < -0.4 is 0 Å². The molecule has 2 aromatic rings. The van der Waals surface area contributed by atoms with E-state index in [-0.39, 0.29) is 11.1 Å². The van der Waals surface area contributed by atoms with Crippen LogP contribution in [0.4, 0.5) is 8.78 Å². The average molecular weight is 267 g/mol. The average Bonchev–Trinajstić information content (AvgIpc) is 2.30. The van der Waals surface area contributed by atoms with E-state index in [2.05, 4.69) is 0 Å². The van der Waals surface area contributed by atoms with E-state index in [1.54, 1.807) is 19.1 Å². The summed E-state index contributed by atoms with van der Waals surface area (Å²) in [5, 5.41) is 0.384. The van der Waals surface area contributed by atoms with Crippen LogP contribution >= 0.6 is 11.6 Å². The minimum Gasteiger partial charge on any atom is -0.288 e. The van der Waals surface area contributed by atoms with Crippen molar-refractivity contribution in [2.24, 2.45) is 0 Å². The van der Waals surface area contributed by atoms with Crippen molar-refractivity contribution < 1.29 is 13.6 Å². The molecule has 0 aromatic heterocycles. The summed E-state index contributed by atoms with van der Waals surface area (Å²) in [4.78, 5) is 12.1. The maximum absolute atomic E-state index is 13.5. The van der Waals surface area contributed by atoms with Crippen LogP contribution in [0.15, 0.2) is 36.4 Å². The normalized spacial score (nSPS) is 10.4. The monoisotopic (exact) mass is 266 g/mol. The molecule has 0 spiro atoms. The smallest absolute Gasteiger partial charge is 0.196 e. The van der Waals surface area contributed by atoms with Crippen LogP contribution in [-0.4, -0.2) is 5.78 Å². The fourth-order valence-electron chi connectivity index (χ4n) is 1.70. The molecule has 4 heteroatoms. The lowest BCUT2D eigenvalue weighted by Gasteiger charge is -2.05. The Morgan fingerprint density at radius 3 is 2.56 bits per heavy atom. The van der Waals surface area contributed by atoms with Crippen molar-refractivity contribution in [1.29, 1.82) is 0 Å². The molecule has 0 fully saturated rings. The molecular weight excluding hydrogens is 258 g/mol. The Morgan fingerprint density at radius 1 is 1.17 bits per heavy atom. The predicted octanol–water partition coefficient (Wildman–Crippen LogP) is 4.16. The van der Waals surface area contributed by atoms with Gasteiger partial charge in [0.25, 0.3) is 0 Å². The molecule has 0 saturated heterocycles. The summed E-state index contributed by atoms with van der Waals surface area (Å²) >= 11 is 5.83. The molecule has 0 radical (unpaired) electrons. The van der Waals surface area contributed by atoms with Crippen LogP contribution in [0, 0.1) is 18.6 Å². The van der Waals surface area contributed by atoms with E-state index in [9.17, 15) is 13.6 Å². The van der Waals surface area contributed by atoms with Gasteiger partial charge in [0.15, 0.2) is 17.4 Å². The van der Waals surface area contributed by atoms with E-state index in [0.717, 1.165) is 11.6 Å². The Labute approximate surface area is 108 Å². The standard InChI is InChI=1S/C14H9ClF2O/c1-8-5-9(7-10(15)6-8)14(18)11-3-2-4-12(16)13(11)17/h2-7H,1H3. The molecular formula is C14H9ClF2O. The molecule has 0 amide bonds. The zero-order chi connectivity index (χ0) is 13.3. The van der Waals surface area contributed by atoms with Gasteiger partial charge in [0.2, 0.25) is 0 Å². The van der Waals surface area contributed by atoms with Gasteiger partial charge < -0.3 is 0 Å². The minimum absolute atomic E-state index is 0.240. The molecule has 1 nitrogen and oxygen atoms in total. The Bertz CT molecular complexity index is 603. The first-order valence-corrected chi connectivity index (χ1v) is 5.63. The van der Waals surface area contributed by atoms with Crippen LogP contribution in [0.5, 0.6) is 0 Å². The maximum Gasteiger partial charge on any atom is 0.196 e. The third kappa shape index (κ3) is 2.41. The van der Waals surface area contributed by atoms with Crippen molar-refractivity contribution in [2.45, 2.75) is 6.92 Å². The van der Waals surface area contributed by atoms with E-state index in [4.69, 9.17) is 11.6 Å². The molecule has 18 heavy (non-hydrogen) atoms. The van der Waals surface area contributed by atoms with Crippen LogP contribution in [0.2, 0.25) is 5.02 Å². The van der Waals surface area contributed by atoms with Crippen molar-refractivity contribution in [2.75, 3.05) is 0 Å². The molecule has 0 bridgehead atoms. The van der Waals surface area contributed by atoms with Gasteiger partial charge >= 0.3 is 0 Å². The second kappa shape index (κ2) is 4.86. The van der Waals surface area contributed by atoms with Gasteiger partial charge in [-0.3, -0.25) is 4.79 Å². The lowest BCUT2D eigenvalue weighted by atomic mass is 10.0. The minimum atomic E-state index is -1.14. The number of benzene rings is 2. The van der Waals surface area contributed by atoms with Crippen molar-refractivity contribution in [1.82, 2.24) is 0 Å². The Hall–Kier alpha value is -1.74. The molecule has 0 aliphatic rings. The van der Waals surface area contributed by atoms with Crippen molar-refractivity contribution in [3.05, 3.63) is 69.7 Å². The van der Waals surface area contributed by atoms with Gasteiger partial charge in [0.05, 0.1) is 5.56 Å². The van der Waals surface area contributed by atoms with E-state index in [1.807, 2.05) is 0 Å². The fourth-order valence-corrected chi connectivity index (χ4v) is 1.99. The van der Waals surface area contributed by atoms with Crippen LogP contribution in [0.1, 0.15) is 21.5 Å². The first-order chi connectivity index (χ1) is 8.49. The Balaban J connectivity index is 2.51. The predicted molar refractivity (Wildman–Crippen MR) is 66.0 cm³/mol. The van der Waals surface area contributed by atoms with Gasteiger partial charge in [0.1, 0.15) is 0 Å². The molecule has 0 heterocycles. The molecule has 0 saturated carbocycles. The van der Waals surface area contributed by atoms with Gasteiger partial charge in [-0.2, -0.15) is 0 Å². The van der Waals surface area contributed by atoms with Crippen molar-refractivity contribution in [3.8, 4) is 0 Å². The summed E-state index contributed by atoms with van der Waals surface area (Å²) < 4.78 is 26.6. The molecule has 92 valence electrons. The maximum atomic E-state index is 13.5. The molecule has 0 N–H and O–H groups in total. The Kier molecular flexibility index (Phi) is 3.43. The SMILES string of the molecule is Cc1cc(Cl)cc(C(=O)c2cccc(F)c2F)c1. The van der Waals surface area contributed by atoms with E-state index in [1.165, 1.54) is 18.2 Å². The van der Waals surface area contributed by atoms with E-state index < -0.39 is 17.4 Å². The fraction of sp³-hybridized carbons (Fsp3) is 0.0714. The number of carbonyl (C=O) groups excluding carboxylic acids is 1. The quantitative estimate of drug-likeness (QED) is 0.746. The van der Waals surface area contributed by atoms with Gasteiger partial charge in [0, 0.05) is 10.6 Å². The second-order valence-electron chi connectivity index (χ2n) is 3.95. The van der Waals surface area contributed by atoms with Gasteiger partial charge in [-0.25, -0.2) is 8.78 Å². The first kappa shape index (κ1) is 12.7. The highest BCUT2D eigenvalue weighted by Gasteiger charge is 2.17. The highest BCUT2D eigenvalue weighted by molar-refractivity contribution is 6.31. The zero-order valence-electron chi connectivity index (χ0n) is 9.51. The molecule has 0 aliphatic heterocycles. The van der Waals surface area contributed by atoms with Gasteiger partial charge in [-0.05, 0) is 42.8 Å². The van der Waals surface area contributed by atoms with Crippen molar-refractivity contribution in [3.63, 3.8) is 0 Å². The van der Waals surface area contributed by atoms with Gasteiger partial charge in [-0.15, -0.1) is 0 Å². The lowest BCUT2D eigenvalue weighted by Crippen LogP contribution is -2.06. The summed E-state index contributed by atoms with van der Waals surface area (Å²) in [6.07, 6.45) is 0. The summed E-state index contributed by atoms with van der Waals surface area (Å²) in [6, 6.07) is 8.20. The second-order valence-corrected chi connectivity index (χ2v) is 4.38. The third-order valence-electron chi connectivity index (χ3n) is 2.50. The summed E-state index contributed by atoms with van der Waals surface area (Å²) in [5.74, 6) is -2.77. The number of ketones is 1. The topological polar surface area (TPSA) is 17.1 Å². The molecule has 2 rings (SSSR count). The number of carbonyl (C=O) groups is 1. The van der Waals surface area contributed by atoms with E-state index in [0.29, 0.717) is 5.02 Å². The van der Waals surface area contributed by atoms with E-state index >= 15 is 0 Å². The van der Waals surface area contributed by atoms with Crippen molar-refractivity contribution >= 4 is 17.4 Å². The van der Waals surface area contributed by atoms with Gasteiger partial charge in [-0.1, -0.05) is 17.7 Å². The van der Waals surface area contributed by atoms with Crippen LogP contribution in [0.25, 0.3) is 0 Å². The number of halogens is 3. The van der Waals surface area contributed by atoms with Crippen LogP contribution in [-0.2, 0) is 0 Å². The summed E-state index contributed by atoms with van der Waals surface area (Å²) in [6.45, 7) is 1.77. The highest BCUT2D eigenvalue weighted by atomic mass is 35.5. The number of rotatable bonds is 2. The molecule has 0 aliphatic carbocycles. The number of hydrogen-bond donors (Lipinski definition) is 0. The zero-order valence-corrected chi connectivity index (χ0v) is 10.3. The number of hydrogen-bond acceptors (Lipinski definition) is 1.